The molecule has 0 aliphatic carbocycles. The first-order chi connectivity index (χ1) is 7.80. The minimum atomic E-state index is -0.0288. The van der Waals surface area contributed by atoms with E-state index in [1.165, 1.54) is 12.8 Å². The number of piperidine rings is 1. The number of pyridine rings is 1. The molecule has 0 aromatic carbocycles. The molecule has 3 heterocycles. The van der Waals surface area contributed by atoms with Gasteiger partial charge in [-0.25, -0.2) is 0 Å². The molecular weight excluding hydrogens is 200 g/mol. The van der Waals surface area contributed by atoms with Gasteiger partial charge >= 0.3 is 0 Å². The van der Waals surface area contributed by atoms with Crippen LogP contribution in [0.25, 0.3) is 5.65 Å². The molecule has 4 heteroatoms. The van der Waals surface area contributed by atoms with Crippen LogP contribution in [0, 0.1) is 0 Å². The molecule has 0 amide bonds. The van der Waals surface area contributed by atoms with E-state index >= 15 is 0 Å². The Bertz CT molecular complexity index is 496. The Hall–Kier alpha value is -1.42. The van der Waals surface area contributed by atoms with Crippen molar-refractivity contribution in [3.05, 3.63) is 30.2 Å². The summed E-state index contributed by atoms with van der Waals surface area (Å²) in [6, 6.07) is 6.00. The van der Waals surface area contributed by atoms with Crippen LogP contribution in [0.1, 0.15) is 32.0 Å². The first kappa shape index (κ1) is 9.78. The molecule has 1 aliphatic rings. The fourth-order valence-corrected chi connectivity index (χ4v) is 2.46. The van der Waals surface area contributed by atoms with Gasteiger partial charge in [-0.1, -0.05) is 6.07 Å². The number of aromatic nitrogens is 3. The quantitative estimate of drug-likeness (QED) is 0.789. The Morgan fingerprint density at radius 2 is 2.25 bits per heavy atom. The predicted octanol–water partition coefficient (Wildman–Crippen LogP) is 1.72. The van der Waals surface area contributed by atoms with E-state index < -0.39 is 0 Å². The van der Waals surface area contributed by atoms with Crippen molar-refractivity contribution in [2.24, 2.45) is 0 Å². The average Bonchev–Trinajstić information content (AvgIpc) is 2.74. The van der Waals surface area contributed by atoms with Gasteiger partial charge in [0.1, 0.15) is 0 Å². The highest BCUT2D eigenvalue weighted by Gasteiger charge is 2.32. The molecule has 16 heavy (non-hydrogen) atoms. The average molecular weight is 216 g/mol. The van der Waals surface area contributed by atoms with E-state index in [0.717, 1.165) is 24.4 Å². The molecule has 1 N–H and O–H groups in total. The van der Waals surface area contributed by atoms with Crippen LogP contribution in [0.4, 0.5) is 0 Å². The Morgan fingerprint density at radius 1 is 1.31 bits per heavy atom. The van der Waals surface area contributed by atoms with Gasteiger partial charge < -0.3 is 5.32 Å². The van der Waals surface area contributed by atoms with Crippen molar-refractivity contribution in [1.29, 1.82) is 0 Å². The second-order valence-corrected chi connectivity index (χ2v) is 4.67. The summed E-state index contributed by atoms with van der Waals surface area (Å²) >= 11 is 0. The van der Waals surface area contributed by atoms with Gasteiger partial charge in [0.05, 0.1) is 5.54 Å². The van der Waals surface area contributed by atoms with Crippen LogP contribution < -0.4 is 5.32 Å². The number of hydrogen-bond acceptors (Lipinski definition) is 3. The SMILES string of the molecule is CC1(c2nnc3ccccn23)CCCCN1. The maximum atomic E-state index is 4.34. The van der Waals surface area contributed by atoms with E-state index in [1.54, 1.807) is 0 Å². The van der Waals surface area contributed by atoms with Crippen LogP contribution in [-0.4, -0.2) is 21.1 Å². The highest BCUT2D eigenvalue weighted by atomic mass is 15.3. The lowest BCUT2D eigenvalue weighted by Gasteiger charge is -2.33. The minimum absolute atomic E-state index is 0.0288. The summed E-state index contributed by atoms with van der Waals surface area (Å²) in [6.07, 6.45) is 5.67. The molecule has 1 unspecified atom stereocenters. The van der Waals surface area contributed by atoms with Crippen molar-refractivity contribution in [3.63, 3.8) is 0 Å². The minimum Gasteiger partial charge on any atom is -0.305 e. The lowest BCUT2D eigenvalue weighted by atomic mass is 9.90. The number of rotatable bonds is 1. The predicted molar refractivity (Wildman–Crippen MR) is 62.2 cm³/mol. The van der Waals surface area contributed by atoms with Gasteiger partial charge in [0.2, 0.25) is 0 Å². The second kappa shape index (κ2) is 3.56. The van der Waals surface area contributed by atoms with Gasteiger partial charge in [-0.3, -0.25) is 4.40 Å². The molecule has 2 aromatic heterocycles. The third kappa shape index (κ3) is 1.41. The molecule has 0 saturated carbocycles. The number of hydrogen-bond donors (Lipinski definition) is 1. The van der Waals surface area contributed by atoms with Crippen LogP contribution >= 0.6 is 0 Å². The van der Waals surface area contributed by atoms with Crippen molar-refractivity contribution in [2.45, 2.75) is 31.7 Å². The van der Waals surface area contributed by atoms with Gasteiger partial charge in [-0.2, -0.15) is 0 Å². The van der Waals surface area contributed by atoms with Crippen molar-refractivity contribution in [1.82, 2.24) is 19.9 Å². The van der Waals surface area contributed by atoms with E-state index in [2.05, 4.69) is 26.8 Å². The molecule has 1 atom stereocenters. The highest BCUT2D eigenvalue weighted by molar-refractivity contribution is 5.38. The summed E-state index contributed by atoms with van der Waals surface area (Å²) < 4.78 is 2.08. The van der Waals surface area contributed by atoms with Gasteiger partial charge in [-0.15, -0.1) is 10.2 Å². The molecule has 1 fully saturated rings. The van der Waals surface area contributed by atoms with E-state index in [4.69, 9.17) is 0 Å². The van der Waals surface area contributed by atoms with E-state index in [-0.39, 0.29) is 5.54 Å². The molecule has 0 radical (unpaired) electrons. The summed E-state index contributed by atoms with van der Waals surface area (Å²) in [5, 5.41) is 12.1. The third-order valence-corrected chi connectivity index (χ3v) is 3.43. The normalized spacial score (nSPS) is 26.1. The third-order valence-electron chi connectivity index (χ3n) is 3.43. The number of nitrogens with one attached hydrogen (secondary N) is 1. The lowest BCUT2D eigenvalue weighted by molar-refractivity contribution is 0.267. The van der Waals surface area contributed by atoms with Crippen molar-refractivity contribution < 1.29 is 0 Å². The first-order valence-corrected chi connectivity index (χ1v) is 5.85. The van der Waals surface area contributed by atoms with Gasteiger partial charge in [-0.05, 0) is 44.9 Å². The largest absolute Gasteiger partial charge is 0.305 e. The smallest absolute Gasteiger partial charge is 0.160 e. The van der Waals surface area contributed by atoms with Gasteiger partial charge in [0.15, 0.2) is 11.5 Å². The van der Waals surface area contributed by atoms with Crippen LogP contribution in [0.15, 0.2) is 24.4 Å². The Labute approximate surface area is 94.7 Å². The summed E-state index contributed by atoms with van der Waals surface area (Å²) in [4.78, 5) is 0. The highest BCUT2D eigenvalue weighted by Crippen LogP contribution is 2.28. The lowest BCUT2D eigenvalue weighted by Crippen LogP contribution is -2.44. The molecule has 2 aromatic rings. The van der Waals surface area contributed by atoms with Crippen LogP contribution in [0.2, 0.25) is 0 Å². The summed E-state index contributed by atoms with van der Waals surface area (Å²) in [7, 11) is 0. The molecule has 84 valence electrons. The molecular formula is C12H16N4. The van der Waals surface area contributed by atoms with E-state index in [0.29, 0.717) is 0 Å². The van der Waals surface area contributed by atoms with Crippen molar-refractivity contribution in [2.75, 3.05) is 6.54 Å². The van der Waals surface area contributed by atoms with Gasteiger partial charge in [0.25, 0.3) is 0 Å². The first-order valence-electron chi connectivity index (χ1n) is 5.85. The second-order valence-electron chi connectivity index (χ2n) is 4.67. The van der Waals surface area contributed by atoms with Crippen molar-refractivity contribution in [3.8, 4) is 0 Å². The Balaban J connectivity index is 2.11. The zero-order valence-corrected chi connectivity index (χ0v) is 9.48. The molecule has 0 bridgehead atoms. The molecule has 1 saturated heterocycles. The standard InChI is InChI=1S/C12H16N4/c1-12(7-3-4-8-13-12)11-15-14-10-6-2-5-9-16(10)11/h2,5-6,9,13H,3-4,7-8H2,1H3. The molecule has 4 nitrogen and oxygen atoms in total. The number of fused-ring (bicyclic) bond motifs is 1. The molecule has 1 aliphatic heterocycles. The zero-order chi connectivity index (χ0) is 11.0. The Kier molecular flexibility index (Phi) is 2.17. The summed E-state index contributed by atoms with van der Waals surface area (Å²) in [5.74, 6) is 1.03. The fraction of sp³-hybridized carbons (Fsp3) is 0.500. The fourth-order valence-electron chi connectivity index (χ4n) is 2.46. The van der Waals surface area contributed by atoms with E-state index in [1.807, 2.05) is 24.4 Å². The summed E-state index contributed by atoms with van der Waals surface area (Å²) in [5.41, 5.74) is 0.894. The topological polar surface area (TPSA) is 42.2 Å². The van der Waals surface area contributed by atoms with Crippen molar-refractivity contribution >= 4 is 5.65 Å². The zero-order valence-electron chi connectivity index (χ0n) is 9.48. The van der Waals surface area contributed by atoms with E-state index in [9.17, 15) is 0 Å². The maximum absolute atomic E-state index is 4.34. The molecule has 3 rings (SSSR count). The van der Waals surface area contributed by atoms with Crippen LogP contribution in [0.3, 0.4) is 0 Å². The maximum Gasteiger partial charge on any atom is 0.160 e. The Morgan fingerprint density at radius 3 is 3.06 bits per heavy atom. The van der Waals surface area contributed by atoms with Crippen LogP contribution in [-0.2, 0) is 5.54 Å². The molecule has 0 spiro atoms. The number of nitrogens with zero attached hydrogens (tertiary/aromatic N) is 3. The van der Waals surface area contributed by atoms with Gasteiger partial charge in [0, 0.05) is 6.20 Å². The summed E-state index contributed by atoms with van der Waals surface area (Å²) in [6.45, 7) is 3.29. The monoisotopic (exact) mass is 216 g/mol. The van der Waals surface area contributed by atoms with Crippen LogP contribution in [0.5, 0.6) is 0 Å².